The van der Waals surface area contributed by atoms with Gasteiger partial charge in [-0.25, -0.2) is 14.4 Å². The largest absolute Gasteiger partial charge is 0.504 e. The number of carbonyl (C=O) groups is 4. The third-order valence-corrected chi connectivity index (χ3v) is 9.77. The van der Waals surface area contributed by atoms with Crippen molar-refractivity contribution in [1.29, 1.82) is 0 Å². The maximum Gasteiger partial charge on any atom is 0.345 e. The second kappa shape index (κ2) is 12.5. The number of phenolic OH excluding ortho intramolecular Hbond substituents is 1. The summed E-state index contributed by atoms with van der Waals surface area (Å²) in [6.07, 6.45) is -8.02. The number of rotatable bonds is 12. The third kappa shape index (κ3) is 5.46. The molecule has 2 aromatic rings. The minimum Gasteiger partial charge on any atom is -0.504 e. The zero-order chi connectivity index (χ0) is 34.5. The smallest absolute Gasteiger partial charge is 0.345 e. The number of esters is 2. The van der Waals surface area contributed by atoms with Crippen LogP contribution in [-0.2, 0) is 45.2 Å². The number of carbonyl (C=O) groups excluding carboxylic acids is 2. The van der Waals surface area contributed by atoms with E-state index in [-0.39, 0.29) is 35.3 Å². The lowest BCUT2D eigenvalue weighted by Crippen LogP contribution is -2.74. The molecule has 2 bridgehead atoms. The van der Waals surface area contributed by atoms with Crippen LogP contribution in [0.15, 0.2) is 54.3 Å². The number of hydrogen-bond donors (Lipinski definition) is 6. The first-order chi connectivity index (χ1) is 22.8. The van der Waals surface area contributed by atoms with Crippen molar-refractivity contribution < 1.29 is 68.8 Å². The lowest BCUT2D eigenvalue weighted by molar-refractivity contribution is -0.197. The van der Waals surface area contributed by atoms with E-state index >= 15 is 0 Å². The first-order valence-electron chi connectivity index (χ1n) is 15.3. The fourth-order valence-electron chi connectivity index (χ4n) is 7.56. The maximum atomic E-state index is 13.2. The summed E-state index contributed by atoms with van der Waals surface area (Å²) < 4.78 is 22.1. The van der Waals surface area contributed by atoms with Crippen LogP contribution in [0.4, 0.5) is 0 Å². The lowest BCUT2D eigenvalue weighted by Gasteiger charge is -2.61. The Kier molecular flexibility index (Phi) is 8.68. The second-order valence-corrected chi connectivity index (χ2v) is 12.5. The van der Waals surface area contributed by atoms with Gasteiger partial charge in [-0.15, -0.1) is 0 Å². The van der Waals surface area contributed by atoms with Crippen LogP contribution in [0.2, 0.25) is 0 Å². The van der Waals surface area contributed by atoms with Crippen molar-refractivity contribution in [3.8, 4) is 11.5 Å². The predicted octanol–water partition coefficient (Wildman–Crippen LogP) is 0.512. The minimum absolute atomic E-state index is 0.0229. The number of likely N-dealkylation sites (tertiary alicyclic amines) is 1. The molecule has 2 aliphatic carbocycles. The van der Waals surface area contributed by atoms with Crippen LogP contribution in [-0.4, -0.2) is 109 Å². The molecule has 8 atom stereocenters. The molecule has 1 fully saturated rings. The van der Waals surface area contributed by atoms with Crippen molar-refractivity contribution in [3.63, 3.8) is 0 Å². The fourth-order valence-corrected chi connectivity index (χ4v) is 7.56. The maximum absolute atomic E-state index is 13.2. The van der Waals surface area contributed by atoms with Crippen LogP contribution >= 0.6 is 0 Å². The number of aliphatic hydroxyl groups excluding tert-OH is 2. The van der Waals surface area contributed by atoms with Gasteiger partial charge in [-0.2, -0.15) is 0 Å². The van der Waals surface area contributed by atoms with Gasteiger partial charge >= 0.3 is 23.9 Å². The average molecular weight is 670 g/mol. The summed E-state index contributed by atoms with van der Waals surface area (Å²) in [5, 5.41) is 62.6. The van der Waals surface area contributed by atoms with Gasteiger partial charge in [-0.3, -0.25) is 4.79 Å². The summed E-state index contributed by atoms with van der Waals surface area (Å²) in [5.74, 6) is -5.65. The molecule has 4 aliphatic rings. The summed E-state index contributed by atoms with van der Waals surface area (Å²) >= 11 is 0. The van der Waals surface area contributed by atoms with Crippen molar-refractivity contribution >= 4 is 23.9 Å². The number of benzene rings is 2. The molecule has 15 nitrogen and oxygen atoms in total. The van der Waals surface area contributed by atoms with E-state index in [0.717, 1.165) is 5.56 Å². The Bertz CT molecular complexity index is 1660. The van der Waals surface area contributed by atoms with Gasteiger partial charge in [0.2, 0.25) is 6.10 Å². The van der Waals surface area contributed by atoms with Gasteiger partial charge in [0, 0.05) is 24.4 Å². The highest BCUT2D eigenvalue weighted by atomic mass is 16.6. The third-order valence-electron chi connectivity index (χ3n) is 9.77. The second-order valence-electron chi connectivity index (χ2n) is 12.5. The molecular formula is C33H35NO14. The van der Waals surface area contributed by atoms with E-state index < -0.39 is 78.4 Å². The van der Waals surface area contributed by atoms with Gasteiger partial charge in [-0.05, 0) is 49.7 Å². The molecule has 6 N–H and O–H groups in total. The first kappa shape index (κ1) is 33.4. The molecule has 48 heavy (non-hydrogen) atoms. The van der Waals surface area contributed by atoms with Crippen LogP contribution in [0.3, 0.4) is 0 Å². The van der Waals surface area contributed by atoms with Crippen molar-refractivity contribution in [2.45, 2.75) is 79.9 Å². The number of nitrogens with zero attached hydrogens (tertiary/aromatic N) is 1. The minimum atomic E-state index is -2.05. The molecule has 0 saturated carbocycles. The first-order valence-corrected chi connectivity index (χ1v) is 15.3. The van der Waals surface area contributed by atoms with Crippen LogP contribution in [0, 0.1) is 0 Å². The molecule has 15 heteroatoms. The van der Waals surface area contributed by atoms with Gasteiger partial charge in [0.1, 0.15) is 5.76 Å². The normalized spacial score (nSPS) is 27.7. The molecule has 2 aliphatic heterocycles. The molecular weight excluding hydrogens is 634 g/mol. The number of carboxylic acids is 2. The Morgan fingerprint density at radius 1 is 1.06 bits per heavy atom. The highest BCUT2D eigenvalue weighted by molar-refractivity contribution is 5.84. The molecule has 2 aromatic carbocycles. The summed E-state index contributed by atoms with van der Waals surface area (Å²) in [4.78, 5) is 50.7. The van der Waals surface area contributed by atoms with E-state index in [0.29, 0.717) is 24.9 Å². The Hall–Kier alpha value is -4.54. The molecule has 0 aromatic heterocycles. The quantitative estimate of drug-likeness (QED) is 0.134. The number of phenols is 1. The van der Waals surface area contributed by atoms with E-state index in [1.807, 2.05) is 7.05 Å². The number of piperidine rings is 1. The van der Waals surface area contributed by atoms with E-state index in [9.17, 15) is 44.7 Å². The summed E-state index contributed by atoms with van der Waals surface area (Å²) in [5.41, 5.74) is -0.648. The lowest BCUT2D eigenvalue weighted by atomic mass is 9.50. The molecule has 6 rings (SSSR count). The average Bonchev–Trinajstić information content (AvgIpc) is 3.40. The van der Waals surface area contributed by atoms with Crippen molar-refractivity contribution in [3.05, 3.63) is 71.0 Å². The van der Waals surface area contributed by atoms with Gasteiger partial charge in [0.05, 0.1) is 17.4 Å². The van der Waals surface area contributed by atoms with Crippen molar-refractivity contribution in [1.82, 2.24) is 4.90 Å². The van der Waals surface area contributed by atoms with E-state index in [1.165, 1.54) is 36.4 Å². The zero-order valence-electron chi connectivity index (χ0n) is 25.7. The van der Waals surface area contributed by atoms with E-state index in [1.54, 1.807) is 12.1 Å². The standard InChI is InChI=1S/C33H35NO14/c1-34-12-11-32-25-17-7-8-18(35)27(25)48-28(32)20(9-10-33(32,44)22(34)13-17)45-30(42)19(36)14-24(39)47-26(16-5-3-2-4-6-16)31(43)46-21(29(40)41)15-23(37)38/h2-9,19,21-22,24,26,28,35-36,39,44H,10-15H2,1H3,(H,37,38)(H,40,41)/t19-,21-,22+,24?,26-,28-,32?,33+/m0/s1. The molecule has 2 heterocycles. The number of aliphatic hydroxyl groups is 3. The number of aromatic hydroxyl groups is 1. The SMILES string of the molecule is CN1CCC23c4c5ccc(O)c4O[C@H]2C(OC(=O)[C@@H](O)CC(O)O[C@H](C(=O)O[C@@H](CC(=O)O)C(=O)O)c2ccccc2)=CC[C@@]3(O)[C@H]1C5. The topological polar surface area (TPSA) is 230 Å². The van der Waals surface area contributed by atoms with E-state index in [2.05, 4.69) is 4.90 Å². The van der Waals surface area contributed by atoms with Crippen molar-refractivity contribution in [2.24, 2.45) is 0 Å². The van der Waals surface area contributed by atoms with Gasteiger partial charge in [0.15, 0.2) is 36.1 Å². The summed E-state index contributed by atoms with van der Waals surface area (Å²) in [6, 6.07) is 10.5. The van der Waals surface area contributed by atoms with Crippen LogP contribution in [0.25, 0.3) is 0 Å². The van der Waals surface area contributed by atoms with Gasteiger partial charge in [0.25, 0.3) is 0 Å². The fraction of sp³-hybridized carbons (Fsp3) is 0.455. The Morgan fingerprint density at radius 3 is 2.48 bits per heavy atom. The van der Waals surface area contributed by atoms with Crippen LogP contribution in [0.5, 0.6) is 11.5 Å². The number of ether oxygens (including phenoxy) is 4. The molecule has 1 saturated heterocycles. The molecule has 256 valence electrons. The van der Waals surface area contributed by atoms with Gasteiger partial charge < -0.3 is 54.5 Å². The number of likely N-dealkylation sites (N-methyl/N-ethyl adjacent to an activating group) is 1. The number of carboxylic acid groups (broad SMARTS) is 2. The Labute approximate surface area is 273 Å². The summed E-state index contributed by atoms with van der Waals surface area (Å²) in [6.45, 7) is 0.600. The number of hydrogen-bond acceptors (Lipinski definition) is 13. The van der Waals surface area contributed by atoms with Crippen molar-refractivity contribution in [2.75, 3.05) is 13.6 Å². The molecule has 1 spiro atoms. The molecule has 0 amide bonds. The molecule has 2 unspecified atom stereocenters. The number of aliphatic carboxylic acids is 2. The Morgan fingerprint density at radius 2 is 1.79 bits per heavy atom. The zero-order valence-corrected chi connectivity index (χ0v) is 25.7. The van der Waals surface area contributed by atoms with Crippen LogP contribution < -0.4 is 4.74 Å². The Balaban J connectivity index is 1.17. The monoisotopic (exact) mass is 669 g/mol. The highest BCUT2D eigenvalue weighted by Crippen LogP contribution is 2.65. The van der Waals surface area contributed by atoms with Crippen LogP contribution in [0.1, 0.15) is 48.5 Å². The molecule has 0 radical (unpaired) electrons. The highest BCUT2D eigenvalue weighted by Gasteiger charge is 2.72. The van der Waals surface area contributed by atoms with E-state index in [4.69, 9.17) is 24.1 Å². The van der Waals surface area contributed by atoms with Gasteiger partial charge in [-0.1, -0.05) is 36.4 Å². The predicted molar refractivity (Wildman–Crippen MR) is 159 cm³/mol. The summed E-state index contributed by atoms with van der Waals surface area (Å²) in [7, 11) is 1.93.